The maximum Gasteiger partial charge on any atom is 0.303 e. The van der Waals surface area contributed by atoms with E-state index in [-0.39, 0.29) is 54.8 Å². The van der Waals surface area contributed by atoms with Crippen molar-refractivity contribution in [3.8, 4) is 0 Å². The highest BCUT2D eigenvalue weighted by Gasteiger charge is 2.58. The summed E-state index contributed by atoms with van der Waals surface area (Å²) < 4.78 is 22.9. The van der Waals surface area contributed by atoms with Crippen LogP contribution < -0.4 is 5.32 Å². The number of epoxide rings is 1. The third-order valence-electron chi connectivity index (χ3n) is 7.84. The Labute approximate surface area is 243 Å². The number of Topliss-reactive ketones (excluding diaryl/α,β-unsaturated/α-hetero) is 1. The van der Waals surface area contributed by atoms with Crippen molar-refractivity contribution in [3.63, 3.8) is 0 Å². The largest absolute Gasteiger partial charge is 0.459 e. The summed E-state index contributed by atoms with van der Waals surface area (Å²) in [5.74, 6) is -0.480. The van der Waals surface area contributed by atoms with Gasteiger partial charge in [0.2, 0.25) is 5.91 Å². The molecule has 0 aromatic heterocycles. The highest BCUT2D eigenvalue weighted by Crippen LogP contribution is 2.43. The van der Waals surface area contributed by atoms with Crippen LogP contribution in [0.4, 0.5) is 0 Å². The fraction of sp³-hybridized carbons (Fsp3) is 0.677. The van der Waals surface area contributed by atoms with Crippen molar-refractivity contribution in [2.75, 3.05) is 6.61 Å². The minimum Gasteiger partial charge on any atom is -0.459 e. The van der Waals surface area contributed by atoms with Gasteiger partial charge in [-0.3, -0.25) is 14.4 Å². The number of ether oxygens (including phenoxy) is 4. The van der Waals surface area contributed by atoms with Gasteiger partial charge < -0.3 is 34.8 Å². The lowest BCUT2D eigenvalue weighted by Gasteiger charge is -2.39. The van der Waals surface area contributed by atoms with Crippen LogP contribution >= 0.6 is 0 Å². The molecule has 0 aromatic carbocycles. The number of amides is 1. The standard InChI is InChI=1S/C31H46N2O8/c1-18(8-11-28-30(37)31(17-38-31)16-25(41-28)15-24(35)14-20(3)32)7-10-27-19(2)13-26(22(5)40-27)33-29(36)12-9-21(4)39-23(6)34/h7-9,11-12,19,21-22,25-28,30,32,37H,10,13-17H2,1-6H3,(H,33,36)/b11-8+,12-9-,18-7+,32-20?/t19-,21-,22+,25+,26+,27-,28+,30+,31+/m0/s1. The molecule has 0 aliphatic carbocycles. The Morgan fingerprint density at radius 2 is 1.88 bits per heavy atom. The summed E-state index contributed by atoms with van der Waals surface area (Å²) in [4.78, 5) is 35.6. The SMILES string of the molecule is CC(=N)CC(=O)C[C@@H]1C[C@@]2(CO2)[C@H](O)[C@@H](/C=C/C(C)=C/C[C@@H]2O[C@H](C)[C@H](NC(=O)/C=C\[C@H](C)OC(C)=O)C[C@@H]2C)O1. The lowest BCUT2D eigenvalue weighted by molar-refractivity contribution is -0.144. The summed E-state index contributed by atoms with van der Waals surface area (Å²) in [5, 5.41) is 21.4. The van der Waals surface area contributed by atoms with E-state index < -0.39 is 29.9 Å². The maximum absolute atomic E-state index is 12.4. The van der Waals surface area contributed by atoms with E-state index in [1.807, 2.05) is 26.0 Å². The number of hydrogen-bond acceptors (Lipinski definition) is 9. The Morgan fingerprint density at radius 1 is 1.17 bits per heavy atom. The van der Waals surface area contributed by atoms with Crippen molar-refractivity contribution < 1.29 is 38.4 Å². The summed E-state index contributed by atoms with van der Waals surface area (Å²) in [5.41, 5.74) is 0.667. The van der Waals surface area contributed by atoms with Gasteiger partial charge in [0.15, 0.2) is 0 Å². The van der Waals surface area contributed by atoms with Crippen LogP contribution in [0.25, 0.3) is 0 Å². The van der Waals surface area contributed by atoms with Gasteiger partial charge in [0.25, 0.3) is 0 Å². The molecule has 41 heavy (non-hydrogen) atoms. The number of carbonyl (C=O) groups excluding carboxylic acids is 3. The predicted octanol–water partition coefficient (Wildman–Crippen LogP) is 3.36. The minimum absolute atomic E-state index is 0.00613. The number of nitrogens with one attached hydrogen (secondary N) is 2. The van der Waals surface area contributed by atoms with E-state index in [1.165, 1.54) is 13.0 Å². The summed E-state index contributed by atoms with van der Waals surface area (Å²) >= 11 is 0. The number of rotatable bonds is 12. The van der Waals surface area contributed by atoms with E-state index in [0.717, 1.165) is 12.0 Å². The lowest BCUT2D eigenvalue weighted by atomic mass is 9.86. The van der Waals surface area contributed by atoms with Gasteiger partial charge in [-0.15, -0.1) is 0 Å². The van der Waals surface area contributed by atoms with Gasteiger partial charge in [-0.1, -0.05) is 30.7 Å². The van der Waals surface area contributed by atoms with Gasteiger partial charge >= 0.3 is 5.97 Å². The Morgan fingerprint density at radius 3 is 2.51 bits per heavy atom. The molecular weight excluding hydrogens is 528 g/mol. The molecule has 3 aliphatic heterocycles. The van der Waals surface area contributed by atoms with Gasteiger partial charge in [0, 0.05) is 38.0 Å². The second-order valence-electron chi connectivity index (χ2n) is 11.8. The smallest absolute Gasteiger partial charge is 0.303 e. The molecule has 3 saturated heterocycles. The first kappa shape index (κ1) is 32.8. The van der Waals surface area contributed by atoms with Crippen LogP contribution in [0.3, 0.4) is 0 Å². The molecule has 1 amide bonds. The molecule has 0 saturated carbocycles. The Kier molecular flexibility index (Phi) is 11.6. The Hall–Kier alpha value is -2.66. The van der Waals surface area contributed by atoms with Crippen molar-refractivity contribution >= 4 is 23.4 Å². The molecule has 3 fully saturated rings. The summed E-state index contributed by atoms with van der Waals surface area (Å²) in [7, 11) is 0. The van der Waals surface area contributed by atoms with Crippen molar-refractivity contribution in [2.45, 2.75) is 122 Å². The van der Waals surface area contributed by atoms with Crippen LogP contribution in [0.15, 0.2) is 36.0 Å². The summed E-state index contributed by atoms with van der Waals surface area (Å²) in [6.07, 6.45) is 8.62. The molecule has 10 heteroatoms. The zero-order chi connectivity index (χ0) is 30.3. The third-order valence-corrected chi connectivity index (χ3v) is 7.84. The Balaban J connectivity index is 1.50. The first-order valence-corrected chi connectivity index (χ1v) is 14.5. The van der Waals surface area contributed by atoms with Gasteiger partial charge in [0.1, 0.15) is 29.7 Å². The van der Waals surface area contributed by atoms with Crippen LogP contribution in [0.5, 0.6) is 0 Å². The van der Waals surface area contributed by atoms with E-state index >= 15 is 0 Å². The minimum atomic E-state index is -0.809. The molecule has 1 spiro atoms. The Bertz CT molecular complexity index is 1060. The van der Waals surface area contributed by atoms with Crippen molar-refractivity contribution in [1.29, 1.82) is 5.41 Å². The number of carbonyl (C=O) groups is 3. The zero-order valence-corrected chi connectivity index (χ0v) is 25.1. The number of aliphatic hydroxyl groups is 1. The molecule has 0 unspecified atom stereocenters. The van der Waals surface area contributed by atoms with E-state index in [9.17, 15) is 19.5 Å². The van der Waals surface area contributed by atoms with Crippen molar-refractivity contribution in [2.24, 2.45) is 5.92 Å². The van der Waals surface area contributed by atoms with E-state index in [2.05, 4.69) is 18.3 Å². The third kappa shape index (κ3) is 9.99. The number of allylic oxidation sites excluding steroid dienone is 2. The van der Waals surface area contributed by atoms with Crippen LogP contribution in [-0.2, 0) is 33.3 Å². The monoisotopic (exact) mass is 574 g/mol. The molecule has 9 atom stereocenters. The average Bonchev–Trinajstić information content (AvgIpc) is 3.64. The number of esters is 1. The molecule has 10 nitrogen and oxygen atoms in total. The highest BCUT2D eigenvalue weighted by atomic mass is 16.6. The molecule has 0 aromatic rings. The molecule has 3 heterocycles. The fourth-order valence-corrected chi connectivity index (χ4v) is 5.51. The molecule has 228 valence electrons. The number of hydrogen-bond donors (Lipinski definition) is 3. The molecule has 3 N–H and O–H groups in total. The zero-order valence-electron chi connectivity index (χ0n) is 25.1. The van der Waals surface area contributed by atoms with Crippen LogP contribution in [0.2, 0.25) is 0 Å². The van der Waals surface area contributed by atoms with E-state index in [0.29, 0.717) is 25.2 Å². The molecule has 3 aliphatic rings. The van der Waals surface area contributed by atoms with E-state index in [4.69, 9.17) is 24.4 Å². The number of aliphatic hydroxyl groups excluding tert-OH is 1. The molecular formula is C31H46N2O8. The summed E-state index contributed by atoms with van der Waals surface area (Å²) in [6, 6.07) is -0.128. The van der Waals surface area contributed by atoms with Crippen LogP contribution in [0, 0.1) is 11.3 Å². The van der Waals surface area contributed by atoms with Gasteiger partial charge in [0.05, 0.1) is 31.0 Å². The first-order chi connectivity index (χ1) is 19.3. The second-order valence-corrected chi connectivity index (χ2v) is 11.8. The molecule has 3 rings (SSSR count). The van der Waals surface area contributed by atoms with Crippen molar-refractivity contribution in [1.82, 2.24) is 5.32 Å². The number of ketones is 1. The van der Waals surface area contributed by atoms with Crippen LogP contribution in [-0.4, -0.2) is 83.4 Å². The lowest BCUT2D eigenvalue weighted by Crippen LogP contribution is -2.50. The normalized spacial score (nSPS) is 34.5. The van der Waals surface area contributed by atoms with Gasteiger partial charge in [-0.2, -0.15) is 0 Å². The maximum atomic E-state index is 12.4. The fourth-order valence-electron chi connectivity index (χ4n) is 5.51. The summed E-state index contributed by atoms with van der Waals surface area (Å²) in [6.45, 7) is 11.1. The first-order valence-electron chi connectivity index (χ1n) is 14.5. The van der Waals surface area contributed by atoms with Gasteiger partial charge in [-0.05, 0) is 52.5 Å². The predicted molar refractivity (Wildman–Crippen MR) is 154 cm³/mol. The molecule has 0 radical (unpaired) electrons. The second kappa shape index (κ2) is 14.5. The topological polar surface area (TPSA) is 148 Å². The molecule has 0 bridgehead atoms. The average molecular weight is 575 g/mol. The van der Waals surface area contributed by atoms with E-state index in [1.54, 1.807) is 19.9 Å². The van der Waals surface area contributed by atoms with Crippen molar-refractivity contribution in [3.05, 3.63) is 36.0 Å². The van der Waals surface area contributed by atoms with Gasteiger partial charge in [-0.25, -0.2) is 0 Å². The highest BCUT2D eigenvalue weighted by molar-refractivity contribution is 5.99. The van der Waals surface area contributed by atoms with Crippen LogP contribution in [0.1, 0.15) is 73.6 Å². The quantitative estimate of drug-likeness (QED) is 0.106.